The smallest absolute Gasteiger partial charge is 0.269 e. The minimum absolute atomic E-state index is 0.102. The Balaban J connectivity index is 1.82. The van der Waals surface area contributed by atoms with E-state index < -0.39 is 0 Å². The number of Topliss-reactive ketones (excluding diaryl/α,β-unsaturated/α-hetero) is 1. The molecular weight excluding hydrogens is 266 g/mol. The Kier molecular flexibility index (Phi) is 2.57. The number of hydrogen-bond donors (Lipinski definition) is 0. The first-order valence-electron chi connectivity index (χ1n) is 7.79. The fraction of sp³-hybridized carbons (Fsp3) is 0.588. The molecule has 4 nitrogen and oxygen atoms in total. The Hall–Kier alpha value is -1.71. The number of benzene rings is 1. The fourth-order valence-electron chi connectivity index (χ4n) is 5.85. The maximum Gasteiger partial charge on any atom is 0.269 e. The molecule has 0 aliphatic heterocycles. The summed E-state index contributed by atoms with van der Waals surface area (Å²) in [5.74, 6) is 2.66. The summed E-state index contributed by atoms with van der Waals surface area (Å²) in [5.41, 5.74) is 0.746. The van der Waals surface area contributed by atoms with Crippen LogP contribution >= 0.6 is 0 Å². The number of nitrogens with zero attached hydrogens (tertiary/aromatic N) is 1. The van der Waals surface area contributed by atoms with Crippen molar-refractivity contribution < 1.29 is 9.72 Å². The Morgan fingerprint density at radius 2 is 1.90 bits per heavy atom. The summed E-state index contributed by atoms with van der Waals surface area (Å²) in [6.07, 6.45) is 4.77. The predicted molar refractivity (Wildman–Crippen MR) is 77.9 cm³/mol. The van der Waals surface area contributed by atoms with Crippen molar-refractivity contribution in [3.8, 4) is 0 Å². The van der Waals surface area contributed by atoms with Gasteiger partial charge in [0.1, 0.15) is 5.78 Å². The number of carbonyl (C=O) groups is 1. The van der Waals surface area contributed by atoms with Gasteiger partial charge in [0.2, 0.25) is 0 Å². The fourth-order valence-corrected chi connectivity index (χ4v) is 5.85. The molecule has 4 saturated carbocycles. The number of hydrogen-bond acceptors (Lipinski definition) is 3. The van der Waals surface area contributed by atoms with Crippen LogP contribution in [0.25, 0.3) is 0 Å². The third-order valence-electron chi connectivity index (χ3n) is 6.36. The quantitative estimate of drug-likeness (QED) is 0.631. The molecule has 5 unspecified atom stereocenters. The van der Waals surface area contributed by atoms with Gasteiger partial charge in [0.05, 0.1) is 10.3 Å². The number of nitro groups is 1. The Morgan fingerprint density at radius 1 is 1.19 bits per heavy atom. The van der Waals surface area contributed by atoms with Crippen LogP contribution in [0.2, 0.25) is 0 Å². The van der Waals surface area contributed by atoms with Crippen molar-refractivity contribution in [1.82, 2.24) is 0 Å². The molecule has 0 spiro atoms. The second kappa shape index (κ2) is 4.15. The molecule has 5 atom stereocenters. The van der Waals surface area contributed by atoms with E-state index >= 15 is 0 Å². The molecule has 0 saturated heterocycles. The number of rotatable bonds is 3. The van der Waals surface area contributed by atoms with Crippen LogP contribution in [0.3, 0.4) is 0 Å². The van der Waals surface area contributed by atoms with Gasteiger partial charge in [-0.05, 0) is 61.8 Å². The summed E-state index contributed by atoms with van der Waals surface area (Å²) >= 11 is 0. The second-order valence-electron chi connectivity index (χ2n) is 7.10. The van der Waals surface area contributed by atoms with Gasteiger partial charge in [-0.15, -0.1) is 0 Å². The van der Waals surface area contributed by atoms with Gasteiger partial charge in [-0.25, -0.2) is 0 Å². The summed E-state index contributed by atoms with van der Waals surface area (Å²) in [7, 11) is 0. The van der Waals surface area contributed by atoms with Crippen molar-refractivity contribution in [3.63, 3.8) is 0 Å². The lowest BCUT2D eigenvalue weighted by molar-refractivity contribution is -0.384. The van der Waals surface area contributed by atoms with Gasteiger partial charge >= 0.3 is 0 Å². The molecule has 5 rings (SSSR count). The molecule has 4 fully saturated rings. The van der Waals surface area contributed by atoms with Gasteiger partial charge in [-0.1, -0.05) is 12.1 Å². The van der Waals surface area contributed by atoms with Crippen molar-refractivity contribution in [2.75, 3.05) is 0 Å². The molecule has 0 aromatic heterocycles. The Labute approximate surface area is 123 Å². The van der Waals surface area contributed by atoms with Gasteiger partial charge in [0.15, 0.2) is 0 Å². The number of non-ortho nitro benzene ring substituents is 1. The van der Waals surface area contributed by atoms with E-state index in [0.29, 0.717) is 17.8 Å². The van der Waals surface area contributed by atoms with E-state index in [9.17, 15) is 14.9 Å². The topological polar surface area (TPSA) is 60.2 Å². The van der Waals surface area contributed by atoms with Gasteiger partial charge < -0.3 is 0 Å². The SMILES string of the molecule is CC(=O)C1(c2ccc([N+](=O)[O-])cc2)C2CC3CC(C2)C1C3. The van der Waals surface area contributed by atoms with Crippen LogP contribution in [0.5, 0.6) is 0 Å². The summed E-state index contributed by atoms with van der Waals surface area (Å²) in [6, 6.07) is 6.76. The van der Waals surface area contributed by atoms with E-state index in [4.69, 9.17) is 0 Å². The molecule has 21 heavy (non-hydrogen) atoms. The lowest BCUT2D eigenvalue weighted by Gasteiger charge is -2.43. The Bertz CT molecular complexity index is 619. The van der Waals surface area contributed by atoms with Gasteiger partial charge in [0.25, 0.3) is 5.69 Å². The second-order valence-corrected chi connectivity index (χ2v) is 7.10. The van der Waals surface area contributed by atoms with Crippen LogP contribution in [0, 0.1) is 33.8 Å². The standard InChI is InChI=1S/C17H19NO3/c1-10(19)17(13-2-4-15(5-3-13)18(20)21)14-7-11-6-12(9-14)16(17)8-11/h2-5,11-12,14,16H,6-9H2,1H3. The van der Waals surface area contributed by atoms with Crippen molar-refractivity contribution in [2.45, 2.75) is 38.0 Å². The van der Waals surface area contributed by atoms with Crippen LogP contribution < -0.4 is 0 Å². The van der Waals surface area contributed by atoms with Crippen molar-refractivity contribution in [2.24, 2.45) is 23.7 Å². The van der Waals surface area contributed by atoms with Crippen LogP contribution in [-0.2, 0) is 10.2 Å². The van der Waals surface area contributed by atoms with Gasteiger partial charge in [-0.3, -0.25) is 14.9 Å². The number of nitro benzene ring substituents is 1. The van der Waals surface area contributed by atoms with Crippen LogP contribution in [-0.4, -0.2) is 10.7 Å². The number of carbonyl (C=O) groups excluding carboxylic acids is 1. The minimum Gasteiger partial charge on any atom is -0.299 e. The first-order valence-corrected chi connectivity index (χ1v) is 7.79. The van der Waals surface area contributed by atoms with Crippen LogP contribution in [0.4, 0.5) is 5.69 Å². The molecular formula is C17H19NO3. The molecule has 4 aliphatic carbocycles. The number of ketones is 1. The highest BCUT2D eigenvalue weighted by atomic mass is 16.6. The molecule has 0 heterocycles. The van der Waals surface area contributed by atoms with Crippen molar-refractivity contribution >= 4 is 11.5 Å². The van der Waals surface area contributed by atoms with Crippen LogP contribution in [0.1, 0.15) is 38.2 Å². The summed E-state index contributed by atoms with van der Waals surface area (Å²) in [4.78, 5) is 23.1. The minimum atomic E-state index is -0.378. The maximum absolute atomic E-state index is 12.6. The average Bonchev–Trinajstić information content (AvgIpc) is 2.86. The summed E-state index contributed by atoms with van der Waals surface area (Å²) in [6.45, 7) is 1.72. The molecule has 1 aromatic carbocycles. The highest BCUT2D eigenvalue weighted by molar-refractivity contribution is 5.90. The Morgan fingerprint density at radius 3 is 2.48 bits per heavy atom. The van der Waals surface area contributed by atoms with E-state index in [0.717, 1.165) is 30.7 Å². The predicted octanol–water partition coefficient (Wildman–Crippen LogP) is 3.49. The van der Waals surface area contributed by atoms with Gasteiger partial charge in [-0.2, -0.15) is 0 Å². The monoisotopic (exact) mass is 285 g/mol. The van der Waals surface area contributed by atoms with E-state index in [-0.39, 0.29) is 21.8 Å². The van der Waals surface area contributed by atoms with Gasteiger partial charge in [0, 0.05) is 12.1 Å². The molecule has 1 aromatic rings. The highest BCUT2D eigenvalue weighted by Gasteiger charge is 2.64. The lowest BCUT2D eigenvalue weighted by Crippen LogP contribution is -2.46. The maximum atomic E-state index is 12.6. The zero-order chi connectivity index (χ0) is 14.8. The zero-order valence-corrected chi connectivity index (χ0v) is 12.1. The molecule has 110 valence electrons. The summed E-state index contributed by atoms with van der Waals surface area (Å²) < 4.78 is 0. The van der Waals surface area contributed by atoms with E-state index in [1.54, 1.807) is 19.1 Å². The molecule has 4 aliphatic rings. The van der Waals surface area contributed by atoms with E-state index in [1.165, 1.54) is 6.42 Å². The normalized spacial score (nSPS) is 39.7. The third-order valence-corrected chi connectivity index (χ3v) is 6.36. The highest BCUT2D eigenvalue weighted by Crippen LogP contribution is 2.67. The lowest BCUT2D eigenvalue weighted by atomic mass is 9.59. The molecule has 0 N–H and O–H groups in total. The largest absolute Gasteiger partial charge is 0.299 e. The van der Waals surface area contributed by atoms with E-state index in [1.807, 2.05) is 12.1 Å². The van der Waals surface area contributed by atoms with Crippen LogP contribution in [0.15, 0.2) is 24.3 Å². The van der Waals surface area contributed by atoms with Crippen molar-refractivity contribution in [1.29, 1.82) is 0 Å². The summed E-state index contributed by atoms with van der Waals surface area (Å²) in [5, 5.41) is 10.8. The molecule has 4 heteroatoms. The molecule has 0 radical (unpaired) electrons. The zero-order valence-electron chi connectivity index (χ0n) is 12.1. The molecule has 4 bridgehead atoms. The average molecular weight is 285 g/mol. The van der Waals surface area contributed by atoms with E-state index in [2.05, 4.69) is 0 Å². The molecule has 0 amide bonds. The van der Waals surface area contributed by atoms with Crippen molar-refractivity contribution in [3.05, 3.63) is 39.9 Å². The first kappa shape index (κ1) is 13.0. The first-order chi connectivity index (χ1) is 10.0. The third kappa shape index (κ3) is 1.53.